The molecule has 3 nitrogen and oxygen atoms in total. The van der Waals surface area contributed by atoms with Crippen molar-refractivity contribution in [3.8, 4) is 0 Å². The molecule has 0 saturated carbocycles. The zero-order valence-electron chi connectivity index (χ0n) is 10.2. The van der Waals surface area contributed by atoms with Crippen LogP contribution in [0.1, 0.15) is 12.5 Å². The van der Waals surface area contributed by atoms with Crippen molar-refractivity contribution >= 4 is 11.4 Å². The number of rotatable bonds is 2. The quantitative estimate of drug-likeness (QED) is 0.769. The number of likely N-dealkylation sites (N-methyl/N-ethyl adjacent to an activating group) is 1. The van der Waals surface area contributed by atoms with Crippen LogP contribution < -0.4 is 10.6 Å². The molecule has 0 amide bonds. The number of hydrogen-bond donors (Lipinski definition) is 1. The van der Waals surface area contributed by atoms with Crippen LogP contribution in [-0.4, -0.2) is 37.6 Å². The van der Waals surface area contributed by atoms with Gasteiger partial charge in [0.25, 0.3) is 0 Å². The standard InChI is InChI=1S/C13H21N3/c1-3-15-6-8-16(9-7-15)13-10-11(2)4-5-12(13)14/h4-5,10H,3,6-9,14H2,1-2H3. The van der Waals surface area contributed by atoms with Gasteiger partial charge in [0.15, 0.2) is 0 Å². The molecule has 88 valence electrons. The van der Waals surface area contributed by atoms with E-state index in [1.165, 1.54) is 11.3 Å². The van der Waals surface area contributed by atoms with Gasteiger partial charge in [0.1, 0.15) is 0 Å². The zero-order valence-corrected chi connectivity index (χ0v) is 10.2. The van der Waals surface area contributed by atoms with Crippen LogP contribution in [0.3, 0.4) is 0 Å². The summed E-state index contributed by atoms with van der Waals surface area (Å²) in [6.07, 6.45) is 0. The topological polar surface area (TPSA) is 32.5 Å². The minimum absolute atomic E-state index is 0.899. The van der Waals surface area contributed by atoms with Gasteiger partial charge in [0, 0.05) is 26.2 Å². The monoisotopic (exact) mass is 219 g/mol. The molecule has 1 heterocycles. The molecule has 0 aromatic heterocycles. The highest BCUT2D eigenvalue weighted by Gasteiger charge is 2.17. The van der Waals surface area contributed by atoms with E-state index >= 15 is 0 Å². The van der Waals surface area contributed by atoms with Crippen LogP contribution in [0, 0.1) is 6.92 Å². The van der Waals surface area contributed by atoms with E-state index in [1.54, 1.807) is 0 Å². The van der Waals surface area contributed by atoms with Crippen LogP contribution in [0.5, 0.6) is 0 Å². The Balaban J connectivity index is 2.10. The molecule has 1 fully saturated rings. The summed E-state index contributed by atoms with van der Waals surface area (Å²) < 4.78 is 0. The fraction of sp³-hybridized carbons (Fsp3) is 0.538. The second-order valence-electron chi connectivity index (χ2n) is 4.48. The first-order valence-electron chi connectivity index (χ1n) is 6.04. The van der Waals surface area contributed by atoms with Crippen LogP contribution in [0.2, 0.25) is 0 Å². The maximum atomic E-state index is 6.03. The Bertz CT molecular complexity index is 354. The lowest BCUT2D eigenvalue weighted by atomic mass is 10.1. The summed E-state index contributed by atoms with van der Waals surface area (Å²) in [5.41, 5.74) is 9.41. The Morgan fingerprint density at radius 2 is 1.88 bits per heavy atom. The molecular formula is C13H21N3. The third-order valence-electron chi connectivity index (χ3n) is 3.35. The summed E-state index contributed by atoms with van der Waals surface area (Å²) in [6.45, 7) is 9.94. The van der Waals surface area contributed by atoms with Crippen molar-refractivity contribution < 1.29 is 0 Å². The Kier molecular flexibility index (Phi) is 3.34. The first-order chi connectivity index (χ1) is 7.70. The van der Waals surface area contributed by atoms with E-state index in [2.05, 4.69) is 35.8 Å². The number of benzene rings is 1. The molecule has 2 N–H and O–H groups in total. The summed E-state index contributed by atoms with van der Waals surface area (Å²) >= 11 is 0. The van der Waals surface area contributed by atoms with E-state index in [4.69, 9.17) is 5.73 Å². The van der Waals surface area contributed by atoms with E-state index in [9.17, 15) is 0 Å². The minimum atomic E-state index is 0.899. The third-order valence-corrected chi connectivity index (χ3v) is 3.35. The third kappa shape index (κ3) is 2.30. The predicted octanol–water partition coefficient (Wildman–Crippen LogP) is 1.72. The van der Waals surface area contributed by atoms with Gasteiger partial charge in [-0.25, -0.2) is 0 Å². The highest BCUT2D eigenvalue weighted by atomic mass is 15.3. The van der Waals surface area contributed by atoms with Crippen molar-refractivity contribution in [2.24, 2.45) is 0 Å². The number of nitrogen functional groups attached to an aromatic ring is 1. The molecule has 1 aliphatic rings. The molecule has 0 radical (unpaired) electrons. The molecule has 3 heteroatoms. The molecule has 1 aliphatic heterocycles. The summed E-state index contributed by atoms with van der Waals surface area (Å²) in [6, 6.07) is 6.27. The lowest BCUT2D eigenvalue weighted by Gasteiger charge is -2.36. The van der Waals surface area contributed by atoms with Crippen molar-refractivity contribution in [1.82, 2.24) is 4.90 Å². The molecule has 0 unspecified atom stereocenters. The lowest BCUT2D eigenvalue weighted by Crippen LogP contribution is -2.46. The largest absolute Gasteiger partial charge is 0.397 e. The number of nitrogens with two attached hydrogens (primary N) is 1. The van der Waals surface area contributed by atoms with Gasteiger partial charge in [0.05, 0.1) is 11.4 Å². The molecule has 1 aromatic carbocycles. The highest BCUT2D eigenvalue weighted by Crippen LogP contribution is 2.25. The highest BCUT2D eigenvalue weighted by molar-refractivity contribution is 5.68. The van der Waals surface area contributed by atoms with Gasteiger partial charge in [-0.15, -0.1) is 0 Å². The number of hydrogen-bond acceptors (Lipinski definition) is 3. The van der Waals surface area contributed by atoms with Gasteiger partial charge in [-0.05, 0) is 31.2 Å². The van der Waals surface area contributed by atoms with Gasteiger partial charge < -0.3 is 15.5 Å². The number of nitrogens with zero attached hydrogens (tertiary/aromatic N) is 2. The molecule has 0 spiro atoms. The lowest BCUT2D eigenvalue weighted by molar-refractivity contribution is 0.271. The molecule has 0 aliphatic carbocycles. The van der Waals surface area contributed by atoms with Crippen LogP contribution >= 0.6 is 0 Å². The van der Waals surface area contributed by atoms with E-state index in [-0.39, 0.29) is 0 Å². The molecule has 1 aromatic rings. The molecular weight excluding hydrogens is 198 g/mol. The first kappa shape index (κ1) is 11.3. The second kappa shape index (κ2) is 4.74. The number of anilines is 2. The van der Waals surface area contributed by atoms with Crippen molar-refractivity contribution in [1.29, 1.82) is 0 Å². The van der Waals surface area contributed by atoms with Gasteiger partial charge in [-0.2, -0.15) is 0 Å². The summed E-state index contributed by atoms with van der Waals surface area (Å²) in [4.78, 5) is 4.87. The Morgan fingerprint density at radius 1 is 1.19 bits per heavy atom. The van der Waals surface area contributed by atoms with Crippen LogP contribution in [0.15, 0.2) is 18.2 Å². The maximum Gasteiger partial charge on any atom is 0.0603 e. The van der Waals surface area contributed by atoms with Crippen LogP contribution in [0.25, 0.3) is 0 Å². The summed E-state index contributed by atoms with van der Waals surface area (Å²) in [5.74, 6) is 0. The molecule has 0 atom stereocenters. The van der Waals surface area contributed by atoms with Crippen molar-refractivity contribution in [2.45, 2.75) is 13.8 Å². The summed E-state index contributed by atoms with van der Waals surface area (Å²) in [5, 5.41) is 0. The Morgan fingerprint density at radius 3 is 2.50 bits per heavy atom. The Hall–Kier alpha value is -1.22. The molecule has 0 bridgehead atoms. The van der Waals surface area contributed by atoms with Gasteiger partial charge in [-0.3, -0.25) is 0 Å². The average molecular weight is 219 g/mol. The van der Waals surface area contributed by atoms with Gasteiger partial charge in [0.2, 0.25) is 0 Å². The molecule has 1 saturated heterocycles. The second-order valence-corrected chi connectivity index (χ2v) is 4.48. The van der Waals surface area contributed by atoms with Gasteiger partial charge >= 0.3 is 0 Å². The first-order valence-corrected chi connectivity index (χ1v) is 6.04. The van der Waals surface area contributed by atoms with E-state index < -0.39 is 0 Å². The number of piperazine rings is 1. The van der Waals surface area contributed by atoms with E-state index in [1.807, 2.05) is 6.07 Å². The normalized spacial score (nSPS) is 17.8. The smallest absolute Gasteiger partial charge is 0.0603 e. The average Bonchev–Trinajstić information content (AvgIpc) is 2.32. The van der Waals surface area contributed by atoms with Crippen LogP contribution in [-0.2, 0) is 0 Å². The minimum Gasteiger partial charge on any atom is -0.397 e. The Labute approximate surface area is 97.8 Å². The SMILES string of the molecule is CCN1CCN(c2cc(C)ccc2N)CC1. The number of aryl methyl sites for hydroxylation is 1. The van der Waals surface area contributed by atoms with Crippen molar-refractivity contribution in [3.63, 3.8) is 0 Å². The van der Waals surface area contributed by atoms with E-state index in [0.717, 1.165) is 38.4 Å². The predicted molar refractivity (Wildman–Crippen MR) is 69.9 cm³/mol. The van der Waals surface area contributed by atoms with Gasteiger partial charge in [-0.1, -0.05) is 13.0 Å². The fourth-order valence-electron chi connectivity index (χ4n) is 2.23. The summed E-state index contributed by atoms with van der Waals surface area (Å²) in [7, 11) is 0. The molecule has 2 rings (SSSR count). The van der Waals surface area contributed by atoms with Crippen molar-refractivity contribution in [3.05, 3.63) is 23.8 Å². The van der Waals surface area contributed by atoms with Crippen molar-refractivity contribution in [2.75, 3.05) is 43.4 Å². The fourth-order valence-corrected chi connectivity index (χ4v) is 2.23. The zero-order chi connectivity index (χ0) is 11.5. The van der Waals surface area contributed by atoms with Crippen LogP contribution in [0.4, 0.5) is 11.4 Å². The molecule has 16 heavy (non-hydrogen) atoms. The maximum absolute atomic E-state index is 6.03. The van der Waals surface area contributed by atoms with E-state index in [0.29, 0.717) is 0 Å².